The second-order valence-corrected chi connectivity index (χ2v) is 12.4. The summed E-state index contributed by atoms with van der Waals surface area (Å²) in [5, 5.41) is 12.9. The van der Waals surface area contributed by atoms with Gasteiger partial charge in [-0.05, 0) is 68.7 Å². The van der Waals surface area contributed by atoms with Crippen molar-refractivity contribution in [2.45, 2.75) is 111 Å². The molecule has 2 atom stereocenters. The molecule has 7 heteroatoms. The Balaban J connectivity index is 1.83. The van der Waals surface area contributed by atoms with Crippen molar-refractivity contribution in [3.8, 4) is 5.75 Å². The average Bonchev–Trinajstić information content (AvgIpc) is 3.01. The van der Waals surface area contributed by atoms with E-state index >= 15 is 0 Å². The van der Waals surface area contributed by atoms with E-state index in [-0.39, 0.29) is 35.2 Å². The summed E-state index contributed by atoms with van der Waals surface area (Å²) in [4.78, 5) is 38.4. The molecule has 2 aliphatic heterocycles. The molecule has 3 rings (SSSR count). The maximum absolute atomic E-state index is 13.0. The van der Waals surface area contributed by atoms with Gasteiger partial charge in [-0.25, -0.2) is 0 Å². The number of ether oxygens (including phenoxy) is 1. The highest BCUT2D eigenvalue weighted by molar-refractivity contribution is 6.05. The summed E-state index contributed by atoms with van der Waals surface area (Å²) in [5.41, 5.74) is 0.347. The number of benzene rings is 1. The highest BCUT2D eigenvalue weighted by Crippen LogP contribution is 2.41. The van der Waals surface area contributed by atoms with Crippen LogP contribution in [-0.4, -0.2) is 45.5 Å². The molecule has 0 saturated carbocycles. The SMILES string of the molecule is CCCC(C)(C)CC(Oc1ccc2c(c1)CN(C1CCC(=O)NC1=O)C2=O)C(C)(C)CC(C)(C)O. The van der Waals surface area contributed by atoms with Gasteiger partial charge >= 0.3 is 0 Å². The van der Waals surface area contributed by atoms with Crippen LogP contribution in [0.4, 0.5) is 0 Å². The van der Waals surface area contributed by atoms with E-state index < -0.39 is 17.6 Å². The second kappa shape index (κ2) is 9.92. The third-order valence-corrected chi connectivity index (χ3v) is 7.20. The summed E-state index contributed by atoms with van der Waals surface area (Å²) in [7, 11) is 0. The highest BCUT2D eigenvalue weighted by Gasteiger charge is 2.41. The maximum Gasteiger partial charge on any atom is 0.255 e. The number of imide groups is 1. The van der Waals surface area contributed by atoms with Gasteiger partial charge in [0.15, 0.2) is 0 Å². The lowest BCUT2D eigenvalue weighted by Crippen LogP contribution is -2.52. The van der Waals surface area contributed by atoms with Gasteiger partial charge in [-0.3, -0.25) is 19.7 Å². The molecule has 1 saturated heterocycles. The number of nitrogens with zero attached hydrogens (tertiary/aromatic N) is 1. The Bertz CT molecular complexity index is 976. The molecule has 2 N–H and O–H groups in total. The number of nitrogens with one attached hydrogen (secondary N) is 1. The summed E-state index contributed by atoms with van der Waals surface area (Å²) in [6.45, 7) is 14.9. The molecular weight excluding hydrogens is 444 g/mol. The fourth-order valence-electron chi connectivity index (χ4n) is 5.78. The van der Waals surface area contributed by atoms with E-state index in [9.17, 15) is 19.5 Å². The number of hydrogen-bond donors (Lipinski definition) is 2. The van der Waals surface area contributed by atoms with Crippen molar-refractivity contribution in [1.82, 2.24) is 10.2 Å². The van der Waals surface area contributed by atoms with Gasteiger partial charge in [-0.2, -0.15) is 0 Å². The van der Waals surface area contributed by atoms with Crippen molar-refractivity contribution in [2.24, 2.45) is 10.8 Å². The first-order valence-corrected chi connectivity index (χ1v) is 12.8. The van der Waals surface area contributed by atoms with E-state index in [2.05, 4.69) is 39.9 Å². The quantitative estimate of drug-likeness (QED) is 0.471. The number of fused-ring (bicyclic) bond motifs is 1. The number of carbonyl (C=O) groups excluding carboxylic acids is 3. The zero-order valence-electron chi connectivity index (χ0n) is 22.4. The molecule has 0 radical (unpaired) electrons. The number of aliphatic hydroxyl groups is 1. The maximum atomic E-state index is 13.0. The molecule has 35 heavy (non-hydrogen) atoms. The largest absolute Gasteiger partial charge is 0.490 e. The minimum Gasteiger partial charge on any atom is -0.490 e. The van der Waals surface area contributed by atoms with E-state index in [4.69, 9.17) is 4.74 Å². The molecule has 2 aliphatic rings. The van der Waals surface area contributed by atoms with Gasteiger partial charge in [0, 0.05) is 23.9 Å². The van der Waals surface area contributed by atoms with Crippen LogP contribution in [0.25, 0.3) is 0 Å². The fourth-order valence-corrected chi connectivity index (χ4v) is 5.78. The Morgan fingerprint density at radius 2 is 1.83 bits per heavy atom. The Kier molecular flexibility index (Phi) is 7.70. The predicted octanol–water partition coefficient (Wildman–Crippen LogP) is 4.60. The molecule has 3 amide bonds. The molecule has 1 aromatic rings. The van der Waals surface area contributed by atoms with Crippen LogP contribution >= 0.6 is 0 Å². The molecule has 0 bridgehead atoms. The monoisotopic (exact) mass is 486 g/mol. The normalized spacial score (nSPS) is 20.1. The predicted molar refractivity (Wildman–Crippen MR) is 135 cm³/mol. The average molecular weight is 487 g/mol. The highest BCUT2D eigenvalue weighted by atomic mass is 16.5. The molecule has 7 nitrogen and oxygen atoms in total. The van der Waals surface area contributed by atoms with Crippen molar-refractivity contribution in [1.29, 1.82) is 0 Å². The first kappa shape index (κ1) is 27.2. The first-order valence-electron chi connectivity index (χ1n) is 12.8. The molecular formula is C28H42N2O5. The summed E-state index contributed by atoms with van der Waals surface area (Å²) in [6, 6.07) is 4.87. The molecule has 0 spiro atoms. The topological polar surface area (TPSA) is 95.9 Å². The lowest BCUT2D eigenvalue weighted by Gasteiger charge is -2.42. The van der Waals surface area contributed by atoms with Crippen LogP contribution in [0.5, 0.6) is 5.75 Å². The molecule has 2 unspecified atom stereocenters. The molecule has 2 heterocycles. The van der Waals surface area contributed by atoms with Crippen molar-refractivity contribution in [3.05, 3.63) is 29.3 Å². The van der Waals surface area contributed by atoms with Crippen LogP contribution in [-0.2, 0) is 16.1 Å². The van der Waals surface area contributed by atoms with Gasteiger partial charge in [0.05, 0.1) is 5.60 Å². The van der Waals surface area contributed by atoms with E-state index in [1.54, 1.807) is 11.0 Å². The second-order valence-electron chi connectivity index (χ2n) is 12.4. The van der Waals surface area contributed by atoms with Crippen molar-refractivity contribution >= 4 is 17.7 Å². The van der Waals surface area contributed by atoms with Gasteiger partial charge in [-0.1, -0.05) is 41.0 Å². The molecule has 1 aromatic carbocycles. The van der Waals surface area contributed by atoms with Gasteiger partial charge < -0.3 is 14.7 Å². The van der Waals surface area contributed by atoms with Gasteiger partial charge in [0.1, 0.15) is 17.9 Å². The van der Waals surface area contributed by atoms with E-state index in [1.165, 1.54) is 0 Å². The standard InChI is InChI=1S/C28H42N2O5/c1-8-13-26(2,3)15-22(27(4,5)17-28(6,7)34)35-19-9-10-20-18(14-19)16-30(25(20)33)21-11-12-23(31)29-24(21)32/h9-10,14,21-22,34H,8,11-13,15-17H2,1-7H3,(H,29,31,32). The fraction of sp³-hybridized carbons (Fsp3) is 0.679. The number of carbonyl (C=O) groups is 3. The minimum absolute atomic E-state index is 0.0750. The van der Waals surface area contributed by atoms with E-state index in [1.807, 2.05) is 26.0 Å². The van der Waals surface area contributed by atoms with Crippen molar-refractivity contribution in [2.75, 3.05) is 0 Å². The Morgan fingerprint density at radius 1 is 1.14 bits per heavy atom. The van der Waals surface area contributed by atoms with Gasteiger partial charge in [0.25, 0.3) is 5.91 Å². The van der Waals surface area contributed by atoms with Crippen LogP contribution < -0.4 is 10.1 Å². The van der Waals surface area contributed by atoms with Crippen LogP contribution in [0, 0.1) is 10.8 Å². The zero-order chi connectivity index (χ0) is 26.2. The van der Waals surface area contributed by atoms with Crippen molar-refractivity contribution < 1.29 is 24.2 Å². The van der Waals surface area contributed by atoms with Gasteiger partial charge in [0.2, 0.25) is 11.8 Å². The third-order valence-electron chi connectivity index (χ3n) is 7.20. The van der Waals surface area contributed by atoms with Crippen LogP contribution in [0.1, 0.15) is 103 Å². The summed E-state index contributed by atoms with van der Waals surface area (Å²) < 4.78 is 6.62. The van der Waals surface area contributed by atoms with Crippen LogP contribution in [0.2, 0.25) is 0 Å². The van der Waals surface area contributed by atoms with Crippen molar-refractivity contribution in [3.63, 3.8) is 0 Å². The molecule has 0 aromatic heterocycles. The van der Waals surface area contributed by atoms with Crippen LogP contribution in [0.15, 0.2) is 18.2 Å². The summed E-state index contributed by atoms with van der Waals surface area (Å²) in [6.07, 6.45) is 4.01. The van der Waals surface area contributed by atoms with Crippen LogP contribution in [0.3, 0.4) is 0 Å². The molecule has 1 fully saturated rings. The van der Waals surface area contributed by atoms with E-state index in [0.717, 1.165) is 24.8 Å². The third kappa shape index (κ3) is 6.63. The lowest BCUT2D eigenvalue weighted by molar-refractivity contribution is -0.136. The number of hydrogen-bond acceptors (Lipinski definition) is 5. The first-order chi connectivity index (χ1) is 16.1. The Labute approximate surface area is 209 Å². The Hall–Kier alpha value is -2.41. The molecule has 0 aliphatic carbocycles. The number of amides is 3. The van der Waals surface area contributed by atoms with E-state index in [0.29, 0.717) is 30.7 Å². The lowest BCUT2D eigenvalue weighted by atomic mass is 9.71. The smallest absolute Gasteiger partial charge is 0.255 e. The number of piperidine rings is 1. The Morgan fingerprint density at radius 3 is 2.43 bits per heavy atom. The molecule has 194 valence electrons. The summed E-state index contributed by atoms with van der Waals surface area (Å²) >= 11 is 0. The number of rotatable bonds is 10. The summed E-state index contributed by atoms with van der Waals surface area (Å²) in [5.74, 6) is -0.214. The zero-order valence-corrected chi connectivity index (χ0v) is 22.4. The minimum atomic E-state index is -0.827. The van der Waals surface area contributed by atoms with Gasteiger partial charge in [-0.15, -0.1) is 0 Å².